The highest BCUT2D eigenvalue weighted by atomic mass is 32.2. The Balaban J connectivity index is 2.01. The lowest BCUT2D eigenvalue weighted by Crippen LogP contribution is -2.15. The fraction of sp³-hybridized carbons (Fsp3) is 0.385. The Morgan fingerprint density at radius 1 is 1.35 bits per heavy atom. The lowest BCUT2D eigenvalue weighted by molar-refractivity contribution is -0.113. The number of nitrogens with zero attached hydrogens (tertiary/aromatic N) is 2. The van der Waals surface area contributed by atoms with Crippen LogP contribution < -0.4 is 11.1 Å². The molecular weight excluding hydrogens is 356 g/mol. The average molecular weight is 372 g/mol. The molecule has 7 nitrogen and oxygen atoms in total. The maximum Gasteiger partial charge on any atom is 0.341 e. The molecule has 3 N–H and O–H groups in total. The Hall–Kier alpha value is -1.65. The van der Waals surface area contributed by atoms with Gasteiger partial charge in [0.25, 0.3) is 0 Å². The van der Waals surface area contributed by atoms with Crippen LogP contribution in [0.2, 0.25) is 0 Å². The van der Waals surface area contributed by atoms with Gasteiger partial charge in [-0.05, 0) is 19.4 Å². The van der Waals surface area contributed by atoms with E-state index in [2.05, 4.69) is 15.5 Å². The number of rotatable bonds is 7. The van der Waals surface area contributed by atoms with Gasteiger partial charge in [-0.3, -0.25) is 4.79 Å². The van der Waals surface area contributed by atoms with Crippen molar-refractivity contribution in [1.29, 1.82) is 0 Å². The van der Waals surface area contributed by atoms with Crippen LogP contribution in [0.1, 0.15) is 29.1 Å². The van der Waals surface area contributed by atoms with Crippen molar-refractivity contribution in [3.05, 3.63) is 16.5 Å². The Kier molecular flexibility index (Phi) is 6.37. The molecule has 0 unspecified atom stereocenters. The van der Waals surface area contributed by atoms with Crippen LogP contribution in [0, 0.1) is 0 Å². The topological polar surface area (TPSA) is 107 Å². The van der Waals surface area contributed by atoms with Crippen molar-refractivity contribution in [2.75, 3.05) is 23.4 Å². The first kappa shape index (κ1) is 17.7. The molecule has 0 aromatic carbocycles. The van der Waals surface area contributed by atoms with Crippen molar-refractivity contribution >= 4 is 56.4 Å². The first-order chi connectivity index (χ1) is 11.0. The number of hydrogen-bond donors (Lipinski definition) is 2. The van der Waals surface area contributed by atoms with Gasteiger partial charge in [-0.1, -0.05) is 30.0 Å². The molecule has 0 atom stereocenters. The molecule has 0 radical (unpaired) electrons. The van der Waals surface area contributed by atoms with E-state index in [1.54, 1.807) is 13.0 Å². The molecular formula is C13H16N4O3S3. The van der Waals surface area contributed by atoms with Crippen LogP contribution in [0.15, 0.2) is 10.4 Å². The summed E-state index contributed by atoms with van der Waals surface area (Å²) in [4.78, 5) is 25.0. The lowest BCUT2D eigenvalue weighted by atomic mass is 10.2. The molecule has 1 amide bonds. The second-order valence-corrected chi connectivity index (χ2v) is 7.64. The van der Waals surface area contributed by atoms with Gasteiger partial charge in [-0.15, -0.1) is 21.5 Å². The number of thiophene rings is 1. The van der Waals surface area contributed by atoms with Crippen molar-refractivity contribution in [1.82, 2.24) is 10.2 Å². The molecule has 23 heavy (non-hydrogen) atoms. The number of aromatic nitrogens is 2. The molecule has 0 aliphatic heterocycles. The maximum atomic E-state index is 12.1. The molecule has 2 heterocycles. The zero-order valence-electron chi connectivity index (χ0n) is 12.6. The molecule has 0 bridgehead atoms. The lowest BCUT2D eigenvalue weighted by Gasteiger charge is -2.05. The number of hydrogen-bond acceptors (Lipinski definition) is 9. The van der Waals surface area contributed by atoms with E-state index < -0.39 is 5.97 Å². The fourth-order valence-corrected chi connectivity index (χ4v) is 4.07. The number of esters is 1. The number of nitrogen functional groups attached to an aromatic ring is 1. The van der Waals surface area contributed by atoms with Crippen molar-refractivity contribution < 1.29 is 14.3 Å². The minimum Gasteiger partial charge on any atom is -0.462 e. The van der Waals surface area contributed by atoms with Gasteiger partial charge in [0.2, 0.25) is 11.0 Å². The summed E-state index contributed by atoms with van der Waals surface area (Å²) in [5.74, 6) is -0.488. The fourth-order valence-electron chi connectivity index (χ4n) is 1.64. The van der Waals surface area contributed by atoms with Gasteiger partial charge < -0.3 is 15.8 Å². The van der Waals surface area contributed by atoms with Crippen LogP contribution in [0.5, 0.6) is 0 Å². The maximum absolute atomic E-state index is 12.1. The Morgan fingerprint density at radius 2 is 2.13 bits per heavy atom. The minimum atomic E-state index is -0.427. The minimum absolute atomic E-state index is 0.163. The van der Waals surface area contributed by atoms with E-state index in [0.717, 1.165) is 11.3 Å². The smallest absolute Gasteiger partial charge is 0.341 e. The molecule has 124 valence electrons. The van der Waals surface area contributed by atoms with E-state index in [1.165, 1.54) is 34.4 Å². The molecule has 0 fully saturated rings. The SMILES string of the molecule is CCOC(=O)c1cc(CC)sc1NC(=O)CSc1nnc(N)s1. The molecule has 0 saturated carbocycles. The average Bonchev–Trinajstić information content (AvgIpc) is 3.11. The third kappa shape index (κ3) is 4.91. The third-order valence-corrected chi connectivity index (χ3v) is 5.71. The summed E-state index contributed by atoms with van der Waals surface area (Å²) in [6, 6.07) is 1.76. The molecule has 0 saturated heterocycles. The third-order valence-electron chi connectivity index (χ3n) is 2.63. The van der Waals surface area contributed by atoms with Gasteiger partial charge >= 0.3 is 5.97 Å². The van der Waals surface area contributed by atoms with E-state index in [4.69, 9.17) is 10.5 Å². The van der Waals surface area contributed by atoms with Crippen LogP contribution in [0.3, 0.4) is 0 Å². The van der Waals surface area contributed by atoms with Gasteiger partial charge in [0.15, 0.2) is 4.34 Å². The van der Waals surface area contributed by atoms with Crippen molar-refractivity contribution in [2.24, 2.45) is 0 Å². The first-order valence-corrected chi connectivity index (χ1v) is 9.46. The number of thioether (sulfide) groups is 1. The number of carbonyl (C=O) groups excluding carboxylic acids is 2. The van der Waals surface area contributed by atoms with Gasteiger partial charge in [0.1, 0.15) is 5.00 Å². The van der Waals surface area contributed by atoms with Gasteiger partial charge in [-0.25, -0.2) is 4.79 Å². The summed E-state index contributed by atoms with van der Waals surface area (Å²) >= 11 is 3.85. The standard InChI is InChI=1S/C13H16N4O3S3/c1-3-7-5-8(11(19)20-4-2)10(22-7)15-9(18)6-21-13-17-16-12(14)23-13/h5H,3-4,6H2,1-2H3,(H2,14,16)(H,15,18). The zero-order valence-corrected chi connectivity index (χ0v) is 15.1. The van der Waals surface area contributed by atoms with Crippen molar-refractivity contribution in [3.8, 4) is 0 Å². The molecule has 0 spiro atoms. The van der Waals surface area contributed by atoms with Gasteiger partial charge in [-0.2, -0.15) is 0 Å². The van der Waals surface area contributed by atoms with Crippen LogP contribution in [0.4, 0.5) is 10.1 Å². The van der Waals surface area contributed by atoms with Crippen LogP contribution >= 0.6 is 34.4 Å². The predicted octanol–water partition coefficient (Wildman–Crippen LogP) is 2.65. The second-order valence-electron chi connectivity index (χ2n) is 4.27. The van der Waals surface area contributed by atoms with Crippen LogP contribution in [0.25, 0.3) is 0 Å². The number of aryl methyl sites for hydroxylation is 1. The van der Waals surface area contributed by atoms with E-state index in [-0.39, 0.29) is 18.3 Å². The highest BCUT2D eigenvalue weighted by molar-refractivity contribution is 8.01. The summed E-state index contributed by atoms with van der Waals surface area (Å²) in [7, 11) is 0. The zero-order chi connectivity index (χ0) is 16.8. The first-order valence-electron chi connectivity index (χ1n) is 6.84. The van der Waals surface area contributed by atoms with Gasteiger partial charge in [0.05, 0.1) is 17.9 Å². The highest BCUT2D eigenvalue weighted by Crippen LogP contribution is 2.30. The number of anilines is 2. The van der Waals surface area contributed by atoms with E-state index >= 15 is 0 Å². The number of amides is 1. The van der Waals surface area contributed by atoms with Crippen LogP contribution in [-0.4, -0.2) is 34.4 Å². The molecule has 0 aliphatic carbocycles. The van der Waals surface area contributed by atoms with Gasteiger partial charge in [0, 0.05) is 4.88 Å². The quantitative estimate of drug-likeness (QED) is 0.568. The Labute approximate surface area is 145 Å². The summed E-state index contributed by atoms with van der Waals surface area (Å²) in [6.07, 6.45) is 0.783. The van der Waals surface area contributed by atoms with E-state index in [0.29, 0.717) is 20.0 Å². The summed E-state index contributed by atoms with van der Waals surface area (Å²) < 4.78 is 5.65. The summed E-state index contributed by atoms with van der Waals surface area (Å²) in [6.45, 7) is 4.02. The molecule has 2 rings (SSSR count). The van der Waals surface area contributed by atoms with Crippen molar-refractivity contribution in [3.63, 3.8) is 0 Å². The number of carbonyl (C=O) groups is 2. The summed E-state index contributed by atoms with van der Waals surface area (Å²) in [5, 5.41) is 11.2. The Bertz CT molecular complexity index is 698. The van der Waals surface area contributed by atoms with Crippen LogP contribution in [-0.2, 0) is 16.0 Å². The normalized spacial score (nSPS) is 10.5. The second kappa shape index (κ2) is 8.27. The highest BCUT2D eigenvalue weighted by Gasteiger charge is 2.19. The largest absolute Gasteiger partial charge is 0.462 e. The molecule has 2 aromatic heterocycles. The summed E-state index contributed by atoms with van der Waals surface area (Å²) in [5.41, 5.74) is 5.89. The number of nitrogens with two attached hydrogens (primary N) is 1. The molecule has 10 heteroatoms. The molecule has 2 aromatic rings. The predicted molar refractivity (Wildman–Crippen MR) is 93.3 cm³/mol. The monoisotopic (exact) mass is 372 g/mol. The van der Waals surface area contributed by atoms with Crippen molar-refractivity contribution in [2.45, 2.75) is 24.6 Å². The number of nitrogens with one attached hydrogen (secondary N) is 1. The molecule has 0 aliphatic rings. The number of ether oxygens (including phenoxy) is 1. The Morgan fingerprint density at radius 3 is 2.74 bits per heavy atom. The van der Waals surface area contributed by atoms with E-state index in [9.17, 15) is 9.59 Å². The van der Waals surface area contributed by atoms with E-state index in [1.807, 2.05) is 6.92 Å².